The highest BCUT2D eigenvalue weighted by molar-refractivity contribution is 5.81. The Balaban J connectivity index is 1.71. The second-order valence-electron chi connectivity index (χ2n) is 7.28. The summed E-state index contributed by atoms with van der Waals surface area (Å²) in [6.45, 7) is 10.6. The van der Waals surface area contributed by atoms with Gasteiger partial charge in [-0.2, -0.15) is 0 Å². The van der Waals surface area contributed by atoms with Crippen LogP contribution in [0.25, 0.3) is 10.9 Å². The summed E-state index contributed by atoms with van der Waals surface area (Å²) in [5.74, 6) is 1.01. The Morgan fingerprint density at radius 1 is 1.12 bits per heavy atom. The van der Waals surface area contributed by atoms with Gasteiger partial charge in [-0.25, -0.2) is 9.78 Å². The summed E-state index contributed by atoms with van der Waals surface area (Å²) in [5, 5.41) is 1.16. The minimum atomic E-state index is -0.454. The molecule has 1 aromatic heterocycles. The van der Waals surface area contributed by atoms with Gasteiger partial charge in [-0.1, -0.05) is 18.2 Å². The van der Waals surface area contributed by atoms with E-state index in [1.165, 1.54) is 5.56 Å². The molecule has 0 spiro atoms. The van der Waals surface area contributed by atoms with E-state index in [1.54, 1.807) is 4.90 Å². The molecule has 0 aliphatic carbocycles. The van der Waals surface area contributed by atoms with Gasteiger partial charge in [0.25, 0.3) is 0 Å². The summed E-state index contributed by atoms with van der Waals surface area (Å²) >= 11 is 0. The van der Waals surface area contributed by atoms with E-state index < -0.39 is 5.60 Å². The van der Waals surface area contributed by atoms with Crippen LogP contribution in [-0.2, 0) is 4.74 Å². The van der Waals surface area contributed by atoms with Gasteiger partial charge in [0.15, 0.2) is 0 Å². The summed E-state index contributed by atoms with van der Waals surface area (Å²) < 4.78 is 5.45. The summed E-state index contributed by atoms with van der Waals surface area (Å²) in [5.41, 5.74) is 1.72. The van der Waals surface area contributed by atoms with Crippen molar-refractivity contribution in [3.05, 3.63) is 35.9 Å². The number of ether oxygens (including phenoxy) is 1. The molecule has 128 valence electrons. The number of carbonyl (C=O) groups excluding carboxylic acids is 1. The van der Waals surface area contributed by atoms with Gasteiger partial charge in [0.2, 0.25) is 0 Å². The molecular weight excluding hydrogens is 302 g/mol. The molecular formula is C19H25N3O2. The Morgan fingerprint density at radius 3 is 2.46 bits per heavy atom. The Bertz CT molecular complexity index is 744. The maximum atomic E-state index is 12.2. The first-order valence-electron chi connectivity index (χ1n) is 8.43. The van der Waals surface area contributed by atoms with Crippen LogP contribution in [0.5, 0.6) is 0 Å². The molecule has 1 fully saturated rings. The Morgan fingerprint density at radius 2 is 1.79 bits per heavy atom. The molecule has 2 heterocycles. The average molecular weight is 327 g/mol. The smallest absolute Gasteiger partial charge is 0.410 e. The predicted octanol–water partition coefficient (Wildman–Crippen LogP) is 3.60. The summed E-state index contributed by atoms with van der Waals surface area (Å²) in [7, 11) is 0. The molecule has 0 bridgehead atoms. The van der Waals surface area contributed by atoms with Crippen LogP contribution in [0.1, 0.15) is 26.3 Å². The van der Waals surface area contributed by atoms with Crippen molar-refractivity contribution in [3.8, 4) is 0 Å². The van der Waals surface area contributed by atoms with Crippen molar-refractivity contribution in [1.29, 1.82) is 0 Å². The number of aryl methyl sites for hydroxylation is 1. The van der Waals surface area contributed by atoms with E-state index >= 15 is 0 Å². The van der Waals surface area contributed by atoms with Crippen molar-refractivity contribution < 1.29 is 9.53 Å². The third-order valence-electron chi connectivity index (χ3n) is 4.12. The predicted molar refractivity (Wildman–Crippen MR) is 96.5 cm³/mol. The van der Waals surface area contributed by atoms with E-state index in [-0.39, 0.29) is 6.09 Å². The van der Waals surface area contributed by atoms with E-state index in [9.17, 15) is 4.79 Å². The Labute approximate surface area is 143 Å². The quantitative estimate of drug-likeness (QED) is 0.803. The van der Waals surface area contributed by atoms with Crippen molar-refractivity contribution >= 4 is 22.8 Å². The maximum absolute atomic E-state index is 12.2. The molecule has 0 radical (unpaired) electrons. The largest absolute Gasteiger partial charge is 0.444 e. The number of aromatic nitrogens is 1. The van der Waals surface area contributed by atoms with Crippen molar-refractivity contribution in [2.75, 3.05) is 31.1 Å². The average Bonchev–Trinajstić information content (AvgIpc) is 2.53. The van der Waals surface area contributed by atoms with E-state index in [1.807, 2.05) is 39.0 Å². The van der Waals surface area contributed by atoms with Crippen LogP contribution in [0.2, 0.25) is 0 Å². The fraction of sp³-hybridized carbons (Fsp3) is 0.474. The number of benzene rings is 1. The fourth-order valence-electron chi connectivity index (χ4n) is 2.96. The van der Waals surface area contributed by atoms with Gasteiger partial charge < -0.3 is 14.5 Å². The van der Waals surface area contributed by atoms with Gasteiger partial charge in [-0.05, 0) is 45.4 Å². The molecule has 1 aliphatic rings. The zero-order chi connectivity index (χ0) is 17.3. The lowest BCUT2D eigenvalue weighted by molar-refractivity contribution is 0.0240. The number of pyridine rings is 1. The number of amides is 1. The first-order valence-corrected chi connectivity index (χ1v) is 8.43. The molecule has 24 heavy (non-hydrogen) atoms. The molecule has 1 aliphatic heterocycles. The van der Waals surface area contributed by atoms with E-state index in [0.717, 1.165) is 29.8 Å². The van der Waals surface area contributed by atoms with Gasteiger partial charge in [-0.3, -0.25) is 0 Å². The van der Waals surface area contributed by atoms with E-state index in [0.29, 0.717) is 13.1 Å². The topological polar surface area (TPSA) is 45.7 Å². The Kier molecular flexibility index (Phi) is 4.35. The number of hydrogen-bond donors (Lipinski definition) is 0. The van der Waals surface area contributed by atoms with Gasteiger partial charge in [0, 0.05) is 31.6 Å². The third-order valence-corrected chi connectivity index (χ3v) is 4.12. The number of anilines is 1. The van der Waals surface area contributed by atoms with Gasteiger partial charge in [-0.15, -0.1) is 0 Å². The number of rotatable bonds is 1. The SMILES string of the molecule is Cc1cc2ccccc2nc1N1CCN(C(=O)OC(C)(C)C)CC1. The molecule has 3 rings (SSSR count). The first kappa shape index (κ1) is 16.6. The summed E-state index contributed by atoms with van der Waals surface area (Å²) in [4.78, 5) is 21.0. The van der Waals surface area contributed by atoms with Crippen LogP contribution < -0.4 is 4.90 Å². The standard InChI is InChI=1S/C19H25N3O2/c1-14-13-15-7-5-6-8-16(15)20-17(14)21-9-11-22(12-10-21)18(23)24-19(2,3)4/h5-8,13H,9-12H2,1-4H3. The number of nitrogens with zero attached hydrogens (tertiary/aromatic N) is 3. The summed E-state index contributed by atoms with van der Waals surface area (Å²) in [6, 6.07) is 10.3. The van der Waals surface area contributed by atoms with Crippen molar-refractivity contribution in [1.82, 2.24) is 9.88 Å². The van der Waals surface area contributed by atoms with E-state index in [2.05, 4.69) is 24.0 Å². The number of para-hydroxylation sites is 1. The molecule has 0 N–H and O–H groups in total. The molecule has 0 unspecified atom stereocenters. The van der Waals surface area contributed by atoms with Gasteiger partial charge in [0.1, 0.15) is 11.4 Å². The molecule has 0 atom stereocenters. The van der Waals surface area contributed by atoms with Crippen LogP contribution in [0.15, 0.2) is 30.3 Å². The molecule has 0 saturated carbocycles. The monoisotopic (exact) mass is 327 g/mol. The second kappa shape index (κ2) is 6.30. The lowest BCUT2D eigenvalue weighted by Crippen LogP contribution is -2.50. The fourth-order valence-corrected chi connectivity index (χ4v) is 2.96. The zero-order valence-corrected chi connectivity index (χ0v) is 14.9. The normalized spacial score (nSPS) is 15.7. The Hall–Kier alpha value is -2.30. The minimum absolute atomic E-state index is 0.231. The number of fused-ring (bicyclic) bond motifs is 1. The summed E-state index contributed by atoms with van der Waals surface area (Å²) in [6.07, 6.45) is -0.231. The molecule has 2 aromatic rings. The number of piperazine rings is 1. The van der Waals surface area contributed by atoms with Crippen LogP contribution in [0, 0.1) is 6.92 Å². The minimum Gasteiger partial charge on any atom is -0.444 e. The lowest BCUT2D eigenvalue weighted by atomic mass is 10.1. The number of hydrogen-bond acceptors (Lipinski definition) is 4. The lowest BCUT2D eigenvalue weighted by Gasteiger charge is -2.36. The molecule has 1 amide bonds. The van der Waals surface area contributed by atoms with Crippen LogP contribution in [0.4, 0.5) is 10.6 Å². The highest BCUT2D eigenvalue weighted by atomic mass is 16.6. The molecule has 1 saturated heterocycles. The van der Waals surface area contributed by atoms with Crippen LogP contribution in [0.3, 0.4) is 0 Å². The van der Waals surface area contributed by atoms with Gasteiger partial charge in [0.05, 0.1) is 5.52 Å². The van der Waals surface area contributed by atoms with Crippen molar-refractivity contribution in [3.63, 3.8) is 0 Å². The van der Waals surface area contributed by atoms with Crippen LogP contribution in [-0.4, -0.2) is 47.8 Å². The highest BCUT2D eigenvalue weighted by Gasteiger charge is 2.26. The highest BCUT2D eigenvalue weighted by Crippen LogP contribution is 2.24. The number of carbonyl (C=O) groups is 1. The zero-order valence-electron chi connectivity index (χ0n) is 14.9. The third kappa shape index (κ3) is 3.61. The second-order valence-corrected chi connectivity index (χ2v) is 7.28. The molecule has 5 heteroatoms. The van der Waals surface area contributed by atoms with Crippen molar-refractivity contribution in [2.45, 2.75) is 33.3 Å². The van der Waals surface area contributed by atoms with Crippen molar-refractivity contribution in [2.24, 2.45) is 0 Å². The van der Waals surface area contributed by atoms with Crippen LogP contribution >= 0.6 is 0 Å². The van der Waals surface area contributed by atoms with Gasteiger partial charge >= 0.3 is 6.09 Å². The first-order chi connectivity index (χ1) is 11.3. The maximum Gasteiger partial charge on any atom is 0.410 e. The van der Waals surface area contributed by atoms with E-state index in [4.69, 9.17) is 9.72 Å². The molecule has 5 nitrogen and oxygen atoms in total. The molecule has 1 aromatic carbocycles.